The van der Waals surface area contributed by atoms with Crippen LogP contribution in [0.15, 0.2) is 23.2 Å². The molecule has 31 heavy (non-hydrogen) atoms. The molecule has 0 aliphatic carbocycles. The largest absolute Gasteiger partial charge is 0.342 e. The summed E-state index contributed by atoms with van der Waals surface area (Å²) in [6, 6.07) is 4.34. The predicted molar refractivity (Wildman–Crippen MR) is 125 cm³/mol. The van der Waals surface area contributed by atoms with Crippen molar-refractivity contribution in [2.45, 2.75) is 70.8 Å². The third kappa shape index (κ3) is 7.93. The van der Waals surface area contributed by atoms with Crippen molar-refractivity contribution >= 4 is 46.6 Å². The van der Waals surface area contributed by atoms with Gasteiger partial charge in [0.1, 0.15) is 12.4 Å². The van der Waals surface area contributed by atoms with Crippen molar-refractivity contribution in [3.8, 4) is 0 Å². The SMILES string of the molecule is CC(=O)[C@H](CCCCCCCCCC1=NCC(=O)N1C)NC(=O)c1c(Cl)cccc1Cl. The van der Waals surface area contributed by atoms with Gasteiger partial charge in [0.05, 0.1) is 21.7 Å². The minimum Gasteiger partial charge on any atom is -0.342 e. The van der Waals surface area contributed by atoms with Gasteiger partial charge in [-0.25, -0.2) is 0 Å². The smallest absolute Gasteiger partial charge is 0.254 e. The Morgan fingerprint density at radius 3 is 2.19 bits per heavy atom. The fraction of sp³-hybridized carbons (Fsp3) is 0.565. The van der Waals surface area contributed by atoms with Crippen molar-refractivity contribution < 1.29 is 14.4 Å². The van der Waals surface area contributed by atoms with Crippen molar-refractivity contribution in [3.05, 3.63) is 33.8 Å². The van der Waals surface area contributed by atoms with Gasteiger partial charge in [0.25, 0.3) is 5.91 Å². The minimum atomic E-state index is -0.535. The molecule has 0 fully saturated rings. The Kier molecular flexibility index (Phi) is 10.5. The van der Waals surface area contributed by atoms with E-state index in [4.69, 9.17) is 23.2 Å². The number of ketones is 1. The van der Waals surface area contributed by atoms with E-state index in [9.17, 15) is 14.4 Å². The van der Waals surface area contributed by atoms with Crippen LogP contribution < -0.4 is 5.32 Å². The first-order chi connectivity index (χ1) is 14.8. The second-order valence-electron chi connectivity index (χ2n) is 7.93. The number of halogens is 2. The number of rotatable bonds is 13. The van der Waals surface area contributed by atoms with Crippen molar-refractivity contribution in [2.75, 3.05) is 13.6 Å². The number of hydrogen-bond acceptors (Lipinski definition) is 4. The third-order valence-electron chi connectivity index (χ3n) is 5.54. The van der Waals surface area contributed by atoms with Crippen LogP contribution >= 0.6 is 23.2 Å². The first-order valence-electron chi connectivity index (χ1n) is 10.9. The monoisotopic (exact) mass is 467 g/mol. The molecule has 1 aliphatic heterocycles. The molecule has 1 heterocycles. The van der Waals surface area contributed by atoms with Gasteiger partial charge in [-0.3, -0.25) is 19.4 Å². The highest BCUT2D eigenvalue weighted by Gasteiger charge is 2.21. The molecule has 0 saturated heterocycles. The van der Waals surface area contributed by atoms with E-state index in [1.54, 1.807) is 30.1 Å². The van der Waals surface area contributed by atoms with Crippen LogP contribution in [0.25, 0.3) is 0 Å². The Hall–Kier alpha value is -1.92. The van der Waals surface area contributed by atoms with Gasteiger partial charge >= 0.3 is 0 Å². The first-order valence-corrected chi connectivity index (χ1v) is 11.6. The lowest BCUT2D eigenvalue weighted by Crippen LogP contribution is -2.40. The number of nitrogens with zero attached hydrogens (tertiary/aromatic N) is 2. The maximum Gasteiger partial charge on any atom is 0.254 e. The molecule has 8 heteroatoms. The molecule has 1 atom stereocenters. The number of hydrogen-bond donors (Lipinski definition) is 1. The second-order valence-corrected chi connectivity index (χ2v) is 8.75. The summed E-state index contributed by atoms with van der Waals surface area (Å²) in [5, 5.41) is 3.31. The van der Waals surface area contributed by atoms with Gasteiger partial charge in [-0.1, -0.05) is 67.8 Å². The number of benzene rings is 1. The normalized spacial score (nSPS) is 14.5. The van der Waals surface area contributed by atoms with Crippen LogP contribution in [0.2, 0.25) is 10.0 Å². The number of unbranched alkanes of at least 4 members (excludes halogenated alkanes) is 6. The Bertz CT molecular complexity index is 806. The summed E-state index contributed by atoms with van der Waals surface area (Å²) in [6.45, 7) is 1.78. The summed E-state index contributed by atoms with van der Waals surface area (Å²) in [4.78, 5) is 41.8. The summed E-state index contributed by atoms with van der Waals surface area (Å²) < 4.78 is 0. The van der Waals surface area contributed by atoms with Crippen molar-refractivity contribution in [1.82, 2.24) is 10.2 Å². The number of likely N-dealkylation sites (N-methyl/N-ethyl adjacent to an activating group) is 1. The van der Waals surface area contributed by atoms with E-state index in [1.807, 2.05) is 0 Å². The molecule has 170 valence electrons. The molecule has 0 aromatic heterocycles. The average Bonchev–Trinajstić information content (AvgIpc) is 3.03. The highest BCUT2D eigenvalue weighted by Crippen LogP contribution is 2.24. The zero-order valence-electron chi connectivity index (χ0n) is 18.3. The van der Waals surface area contributed by atoms with Crippen LogP contribution in [-0.4, -0.2) is 48.0 Å². The lowest BCUT2D eigenvalue weighted by atomic mass is 10.0. The highest BCUT2D eigenvalue weighted by molar-refractivity contribution is 6.39. The fourth-order valence-corrected chi connectivity index (χ4v) is 4.17. The van der Waals surface area contributed by atoms with Gasteiger partial charge in [0.15, 0.2) is 5.78 Å². The lowest BCUT2D eigenvalue weighted by Gasteiger charge is -2.17. The summed E-state index contributed by atoms with van der Waals surface area (Å²) in [5.74, 6) is 0.482. The zero-order valence-corrected chi connectivity index (χ0v) is 19.8. The topological polar surface area (TPSA) is 78.8 Å². The number of carbonyl (C=O) groups excluding carboxylic acids is 3. The van der Waals surface area contributed by atoms with Gasteiger partial charge in [-0.15, -0.1) is 0 Å². The quantitative estimate of drug-likeness (QED) is 0.411. The number of amides is 2. The van der Waals surface area contributed by atoms with E-state index >= 15 is 0 Å². The van der Waals surface area contributed by atoms with Crippen LogP contribution in [0.4, 0.5) is 0 Å². The van der Waals surface area contributed by atoms with Crippen LogP contribution in [0.3, 0.4) is 0 Å². The molecular formula is C23H31Cl2N3O3. The average molecular weight is 468 g/mol. The van der Waals surface area contributed by atoms with Gasteiger partial charge in [-0.05, 0) is 31.9 Å². The van der Waals surface area contributed by atoms with E-state index in [-0.39, 0.29) is 27.3 Å². The third-order valence-corrected chi connectivity index (χ3v) is 6.17. The number of aliphatic imine (C=N–C) groups is 1. The maximum atomic E-state index is 12.5. The van der Waals surface area contributed by atoms with Crippen LogP contribution in [-0.2, 0) is 9.59 Å². The summed E-state index contributed by atoms with van der Waals surface area (Å²) in [7, 11) is 1.79. The zero-order chi connectivity index (χ0) is 22.8. The van der Waals surface area contributed by atoms with Crippen LogP contribution in [0.5, 0.6) is 0 Å². The van der Waals surface area contributed by atoms with Crippen LogP contribution in [0.1, 0.15) is 75.1 Å². The Balaban J connectivity index is 1.61. The van der Waals surface area contributed by atoms with E-state index in [0.29, 0.717) is 13.0 Å². The summed E-state index contributed by atoms with van der Waals surface area (Å²) in [5.41, 5.74) is 0.205. The van der Waals surface area contributed by atoms with Crippen molar-refractivity contribution in [2.24, 2.45) is 4.99 Å². The van der Waals surface area contributed by atoms with E-state index in [0.717, 1.165) is 57.2 Å². The second kappa shape index (κ2) is 12.8. The fourth-order valence-electron chi connectivity index (χ4n) is 3.60. The van der Waals surface area contributed by atoms with Crippen molar-refractivity contribution in [3.63, 3.8) is 0 Å². The summed E-state index contributed by atoms with van der Waals surface area (Å²) >= 11 is 12.2. The molecule has 1 aliphatic rings. The van der Waals surface area contributed by atoms with Crippen LogP contribution in [0, 0.1) is 0 Å². The first kappa shape index (κ1) is 25.3. The van der Waals surface area contributed by atoms with E-state index in [1.165, 1.54) is 6.92 Å². The molecule has 0 spiro atoms. The number of amidine groups is 1. The Labute approximate surface area is 194 Å². The molecule has 2 amide bonds. The molecule has 0 saturated carbocycles. The molecule has 0 unspecified atom stereocenters. The van der Waals surface area contributed by atoms with Gasteiger partial charge in [0, 0.05) is 13.5 Å². The molecule has 2 rings (SSSR count). The van der Waals surface area contributed by atoms with E-state index < -0.39 is 11.9 Å². The number of carbonyl (C=O) groups is 3. The van der Waals surface area contributed by atoms with Gasteiger partial charge in [-0.2, -0.15) is 0 Å². The predicted octanol–water partition coefficient (Wildman–Crippen LogP) is 5.06. The molecular weight excluding hydrogens is 437 g/mol. The maximum absolute atomic E-state index is 12.5. The van der Waals surface area contributed by atoms with Crippen molar-refractivity contribution in [1.29, 1.82) is 0 Å². The Morgan fingerprint density at radius 1 is 1.06 bits per heavy atom. The molecule has 1 aromatic carbocycles. The van der Waals surface area contributed by atoms with Gasteiger partial charge in [0.2, 0.25) is 5.91 Å². The highest BCUT2D eigenvalue weighted by atomic mass is 35.5. The standard InChI is InChI=1S/C23H31Cl2N3O3/c1-16(29)19(27-23(31)22-17(24)11-10-12-18(22)25)13-8-6-4-3-5-7-9-14-20-26-15-21(30)28(20)2/h10-12,19H,3-9,13-15H2,1-2H3,(H,27,31)/t19-/m0/s1. The molecule has 1 aromatic rings. The van der Waals surface area contributed by atoms with E-state index in [2.05, 4.69) is 10.3 Å². The van der Waals surface area contributed by atoms with Gasteiger partial charge < -0.3 is 10.2 Å². The number of Topliss-reactive ketones (excluding diaryl/α,β-unsaturated/α-hetero) is 1. The molecule has 6 nitrogen and oxygen atoms in total. The lowest BCUT2D eigenvalue weighted by molar-refractivity contribution is -0.124. The molecule has 0 radical (unpaired) electrons. The summed E-state index contributed by atoms with van der Waals surface area (Å²) in [6.07, 6.45) is 8.86. The minimum absolute atomic E-state index is 0.0741. The Morgan fingerprint density at radius 2 is 1.65 bits per heavy atom. The molecule has 0 bridgehead atoms. The number of nitrogens with one attached hydrogen (secondary N) is 1. The molecule has 1 N–H and O–H groups in total.